The van der Waals surface area contributed by atoms with Gasteiger partial charge in [-0.3, -0.25) is 4.68 Å². The third-order valence-electron chi connectivity index (χ3n) is 10.3. The minimum Gasteiger partial charge on any atom is -0.509 e. The molecule has 0 radical (unpaired) electrons. The van der Waals surface area contributed by atoms with Crippen LogP contribution in [-0.2, 0) is 36.7 Å². The summed E-state index contributed by atoms with van der Waals surface area (Å²) >= 11 is 0. The van der Waals surface area contributed by atoms with E-state index in [9.17, 15) is 0 Å². The largest absolute Gasteiger partial charge is 2.00 e. The van der Waals surface area contributed by atoms with Crippen molar-refractivity contribution in [3.8, 4) is 34.1 Å². The molecule has 5 nitrogen and oxygen atoms in total. The zero-order valence-electron chi connectivity index (χ0n) is 34.0. The zero-order valence-corrected chi connectivity index (χ0v) is 35.6. The Hall–Kier alpha value is -4.50. The Labute approximate surface area is 335 Å². The molecule has 0 saturated heterocycles. The van der Waals surface area contributed by atoms with Crippen molar-refractivity contribution in [1.29, 1.82) is 0 Å². The summed E-state index contributed by atoms with van der Waals surface area (Å²) in [4.78, 5) is 4.73. The van der Waals surface area contributed by atoms with E-state index < -0.39 is 0 Å². The van der Waals surface area contributed by atoms with Crippen LogP contribution in [0.4, 0.5) is 0 Å². The Bertz CT molecular complexity index is 2500. The molecule has 7 aromatic rings. The van der Waals surface area contributed by atoms with Crippen LogP contribution in [0.15, 0.2) is 79.0 Å². The first-order chi connectivity index (χ1) is 24.8. The van der Waals surface area contributed by atoms with Crippen molar-refractivity contribution >= 4 is 21.8 Å². The topological polar surface area (TPSA) is 44.9 Å². The molecule has 0 atom stereocenters. The van der Waals surface area contributed by atoms with E-state index in [1.165, 1.54) is 27.8 Å². The molecule has 0 aliphatic heterocycles. The number of nitrogens with zero attached hydrogens (tertiary/aromatic N) is 4. The molecule has 0 aliphatic rings. The summed E-state index contributed by atoms with van der Waals surface area (Å²) in [6.07, 6.45) is 1.86. The normalized spacial score (nSPS) is 12.4. The van der Waals surface area contributed by atoms with Gasteiger partial charge in [-0.25, -0.2) is 4.98 Å². The van der Waals surface area contributed by atoms with Crippen molar-refractivity contribution in [3.05, 3.63) is 130 Å². The minimum atomic E-state index is -0.0766. The van der Waals surface area contributed by atoms with Crippen molar-refractivity contribution in [1.82, 2.24) is 19.3 Å². The average molecular weight is 807 g/mol. The first kappa shape index (κ1) is 39.2. The number of rotatable bonds is 5. The fraction of sp³-hybridized carbons (Fsp3) is 0.333. The molecular formula is C48H52N4OPd. The summed E-state index contributed by atoms with van der Waals surface area (Å²) < 4.78 is 10.8. The summed E-state index contributed by atoms with van der Waals surface area (Å²) in [6.45, 7) is 29.3. The molecule has 4 aromatic carbocycles. The summed E-state index contributed by atoms with van der Waals surface area (Å²) in [7, 11) is 0. The molecule has 0 amide bonds. The molecule has 7 rings (SSSR count). The number of benzene rings is 4. The second kappa shape index (κ2) is 14.0. The molecule has 0 spiro atoms. The third-order valence-corrected chi connectivity index (χ3v) is 10.3. The molecule has 0 saturated carbocycles. The van der Waals surface area contributed by atoms with Crippen LogP contribution in [-0.4, -0.2) is 19.3 Å². The maximum atomic E-state index is 6.59. The van der Waals surface area contributed by atoms with Gasteiger partial charge in [0.15, 0.2) is 0 Å². The first-order valence-corrected chi connectivity index (χ1v) is 18.7. The van der Waals surface area contributed by atoms with Gasteiger partial charge in [0, 0.05) is 34.5 Å². The molecule has 3 aromatic heterocycles. The predicted octanol–water partition coefficient (Wildman–Crippen LogP) is 12.5. The Kier molecular flexibility index (Phi) is 10.1. The first-order valence-electron chi connectivity index (χ1n) is 18.7. The Balaban J connectivity index is 0.00000497. The summed E-state index contributed by atoms with van der Waals surface area (Å²) in [5, 5.41) is 7.44. The van der Waals surface area contributed by atoms with Crippen LogP contribution in [0.25, 0.3) is 44.4 Å². The molecule has 6 heteroatoms. The van der Waals surface area contributed by atoms with Crippen LogP contribution < -0.4 is 4.74 Å². The van der Waals surface area contributed by atoms with E-state index in [2.05, 4.69) is 161 Å². The second-order valence-electron chi connectivity index (χ2n) is 17.8. The molecule has 0 bridgehead atoms. The SMILES string of the molecule is Cc1cc(Oc2[c-]c3c(cc2)c2ccccc2n3-c2cc(C)ccn2)[c-]c(-n2nc(C)c(-c3c(C(C)(C)C)cc(C(C)(C)C)cc3C(C)(C)C)c2C)c1.[Pd+2]. The summed E-state index contributed by atoms with van der Waals surface area (Å²) in [5.74, 6) is 2.08. The number of fused-ring (bicyclic) bond motifs is 3. The van der Waals surface area contributed by atoms with Crippen LogP contribution in [0.5, 0.6) is 11.5 Å². The van der Waals surface area contributed by atoms with Gasteiger partial charge in [0.1, 0.15) is 5.82 Å². The Morgan fingerprint density at radius 1 is 0.630 bits per heavy atom. The number of ether oxygens (including phenoxy) is 1. The van der Waals surface area contributed by atoms with E-state index in [0.29, 0.717) is 11.5 Å². The van der Waals surface area contributed by atoms with Crippen LogP contribution in [0.3, 0.4) is 0 Å². The maximum absolute atomic E-state index is 6.59. The minimum absolute atomic E-state index is 0. The van der Waals surface area contributed by atoms with Crippen molar-refractivity contribution in [2.45, 2.75) is 106 Å². The number of para-hydroxylation sites is 1. The van der Waals surface area contributed by atoms with Crippen LogP contribution >= 0.6 is 0 Å². The van der Waals surface area contributed by atoms with Crippen molar-refractivity contribution in [2.75, 3.05) is 0 Å². The third kappa shape index (κ3) is 7.19. The van der Waals surface area contributed by atoms with Gasteiger partial charge in [0.2, 0.25) is 0 Å². The number of pyridine rings is 1. The Morgan fingerprint density at radius 2 is 1.30 bits per heavy atom. The van der Waals surface area contributed by atoms with Gasteiger partial charge < -0.3 is 9.30 Å². The zero-order chi connectivity index (χ0) is 38.2. The predicted molar refractivity (Wildman–Crippen MR) is 220 cm³/mol. The smallest absolute Gasteiger partial charge is 0.509 e. The monoisotopic (exact) mass is 806 g/mol. The molecule has 0 unspecified atom stereocenters. The van der Waals surface area contributed by atoms with Gasteiger partial charge in [-0.2, -0.15) is 16.7 Å². The van der Waals surface area contributed by atoms with Crippen molar-refractivity contribution in [3.63, 3.8) is 0 Å². The van der Waals surface area contributed by atoms with Crippen LogP contribution in [0, 0.1) is 39.8 Å². The molecule has 0 N–H and O–H groups in total. The molecule has 0 aliphatic carbocycles. The molecule has 3 heterocycles. The number of hydrogen-bond donors (Lipinski definition) is 0. The van der Waals surface area contributed by atoms with E-state index in [0.717, 1.165) is 55.8 Å². The summed E-state index contributed by atoms with van der Waals surface area (Å²) in [6, 6.07) is 32.8. The van der Waals surface area contributed by atoms with Gasteiger partial charge in [0.25, 0.3) is 0 Å². The van der Waals surface area contributed by atoms with Crippen LogP contribution in [0.2, 0.25) is 0 Å². The maximum Gasteiger partial charge on any atom is 2.00 e. The van der Waals surface area contributed by atoms with Gasteiger partial charge in [0.05, 0.1) is 5.69 Å². The molecule has 0 fully saturated rings. The van der Waals surface area contributed by atoms with Crippen LogP contribution in [0.1, 0.15) is 102 Å². The van der Waals surface area contributed by atoms with E-state index in [1.54, 1.807) is 0 Å². The van der Waals surface area contributed by atoms with Crippen molar-refractivity contribution < 1.29 is 25.2 Å². The number of hydrogen-bond acceptors (Lipinski definition) is 3. The fourth-order valence-electron chi connectivity index (χ4n) is 7.53. The van der Waals surface area contributed by atoms with E-state index in [1.807, 2.05) is 29.1 Å². The number of aryl methyl sites for hydroxylation is 3. The fourth-order valence-corrected chi connectivity index (χ4v) is 7.53. The quantitative estimate of drug-likeness (QED) is 0.129. The second-order valence-corrected chi connectivity index (χ2v) is 17.8. The summed E-state index contributed by atoms with van der Waals surface area (Å²) in [5.41, 5.74) is 13.5. The standard InChI is InChI=1S/C48H52N4O.Pd/c1-29-20-21-49-43(24-29)51-41-17-15-14-16-37(41)38-19-18-35(28-42(38)51)53-36-23-30(2)22-34(27-36)52-32(4)44(31(3)50-52)45-39(47(8,9)10)25-33(46(5,6)7)26-40(45)48(11,12)13;/h14-26H,1-13H3;/q-2;+2. The van der Waals surface area contributed by atoms with E-state index in [-0.39, 0.29) is 36.7 Å². The van der Waals surface area contributed by atoms with Gasteiger partial charge in [-0.05, 0) is 94.1 Å². The van der Waals surface area contributed by atoms with Gasteiger partial charge >= 0.3 is 20.4 Å². The average Bonchev–Trinajstić information content (AvgIpc) is 3.55. The number of aromatic nitrogens is 4. The molecule has 280 valence electrons. The molecular weight excluding hydrogens is 755 g/mol. The van der Waals surface area contributed by atoms with Crippen molar-refractivity contribution in [2.24, 2.45) is 0 Å². The van der Waals surface area contributed by atoms with E-state index >= 15 is 0 Å². The van der Waals surface area contributed by atoms with E-state index in [4.69, 9.17) is 14.8 Å². The Morgan fingerprint density at radius 3 is 1.93 bits per heavy atom. The molecule has 54 heavy (non-hydrogen) atoms. The van der Waals surface area contributed by atoms with Gasteiger partial charge in [-0.15, -0.1) is 35.7 Å². The van der Waals surface area contributed by atoms with Gasteiger partial charge in [-0.1, -0.05) is 105 Å².